The van der Waals surface area contributed by atoms with Crippen LogP contribution in [-0.2, 0) is 17.3 Å². The third-order valence-corrected chi connectivity index (χ3v) is 5.98. The number of hydrogen-bond donors (Lipinski definition) is 1. The molecular weight excluding hydrogens is 425 g/mol. The van der Waals surface area contributed by atoms with Crippen LogP contribution in [0.5, 0.6) is 0 Å². The zero-order chi connectivity index (χ0) is 23.2. The van der Waals surface area contributed by atoms with Gasteiger partial charge in [-0.2, -0.15) is 5.10 Å². The minimum Gasteiger partial charge on any atom is -0.379 e. The van der Waals surface area contributed by atoms with Crippen molar-refractivity contribution in [2.45, 2.75) is 38.3 Å². The van der Waals surface area contributed by atoms with Crippen molar-refractivity contribution in [3.05, 3.63) is 68.1 Å². The van der Waals surface area contributed by atoms with Crippen LogP contribution in [0, 0.1) is 5.82 Å². The summed E-state index contributed by atoms with van der Waals surface area (Å²) in [6, 6.07) is 4.34. The van der Waals surface area contributed by atoms with E-state index in [-0.39, 0.29) is 22.3 Å². The minimum atomic E-state index is -2.94. The molecular formula is C22H23F3N4O3. The van der Waals surface area contributed by atoms with Gasteiger partial charge in [-0.1, -0.05) is 18.2 Å². The van der Waals surface area contributed by atoms with Crippen molar-refractivity contribution >= 4 is 16.6 Å². The first-order valence-electron chi connectivity index (χ1n) is 10.2. The molecule has 0 aliphatic carbocycles. The Labute approximate surface area is 181 Å². The maximum atomic E-state index is 14.7. The standard InChI is InChI=1S/C22H23F3N4O3/c1-12(13-5-4-6-14(18(13)23)19(24)25)26-20-16-10-29(22(2)7-8-32-11-22)17(30)9-15(16)21(31)28(3)27-20/h4-6,9-10,12,19H,7-8,11H2,1-3H3,(H,26,27)/t12-,22-/m1/s1. The van der Waals surface area contributed by atoms with Gasteiger partial charge in [0.15, 0.2) is 5.82 Å². The Morgan fingerprint density at radius 2 is 1.94 bits per heavy atom. The number of halogens is 3. The van der Waals surface area contributed by atoms with Crippen molar-refractivity contribution < 1.29 is 17.9 Å². The number of nitrogens with one attached hydrogen (secondary N) is 1. The topological polar surface area (TPSA) is 78.2 Å². The molecule has 0 amide bonds. The summed E-state index contributed by atoms with van der Waals surface area (Å²) in [6.45, 7) is 4.36. The number of hydrogen-bond acceptors (Lipinski definition) is 5. The largest absolute Gasteiger partial charge is 0.379 e. The molecule has 1 N–H and O–H groups in total. The third-order valence-electron chi connectivity index (χ3n) is 5.98. The number of pyridine rings is 1. The fourth-order valence-electron chi connectivity index (χ4n) is 4.05. The molecule has 0 radical (unpaired) electrons. The fraction of sp³-hybridized carbons (Fsp3) is 0.409. The Balaban J connectivity index is 1.84. The highest BCUT2D eigenvalue weighted by Crippen LogP contribution is 2.31. The Kier molecular flexibility index (Phi) is 5.58. The minimum absolute atomic E-state index is 0.0380. The number of fused-ring (bicyclic) bond motifs is 1. The lowest BCUT2D eigenvalue weighted by Gasteiger charge is -2.26. The van der Waals surface area contributed by atoms with Gasteiger partial charge in [0, 0.05) is 36.9 Å². The van der Waals surface area contributed by atoms with Crippen molar-refractivity contribution in [1.29, 1.82) is 0 Å². The molecule has 3 heterocycles. The molecule has 0 spiro atoms. The van der Waals surface area contributed by atoms with Crippen LogP contribution in [0.25, 0.3) is 10.8 Å². The summed E-state index contributed by atoms with van der Waals surface area (Å²) in [5.41, 5.74) is -2.02. The summed E-state index contributed by atoms with van der Waals surface area (Å²) in [6.07, 6.45) is -0.758. The van der Waals surface area contributed by atoms with Crippen molar-refractivity contribution in [2.75, 3.05) is 18.5 Å². The van der Waals surface area contributed by atoms with Crippen LogP contribution in [-0.4, -0.2) is 27.6 Å². The van der Waals surface area contributed by atoms with Crippen LogP contribution in [0.2, 0.25) is 0 Å². The predicted molar refractivity (Wildman–Crippen MR) is 114 cm³/mol. The highest BCUT2D eigenvalue weighted by molar-refractivity contribution is 5.90. The van der Waals surface area contributed by atoms with E-state index in [9.17, 15) is 22.8 Å². The molecule has 2 atom stereocenters. The second kappa shape index (κ2) is 8.09. The average molecular weight is 448 g/mol. The Morgan fingerprint density at radius 1 is 1.22 bits per heavy atom. The average Bonchev–Trinajstić information content (AvgIpc) is 3.18. The normalized spacial score (nSPS) is 19.6. The Morgan fingerprint density at radius 3 is 2.59 bits per heavy atom. The zero-order valence-corrected chi connectivity index (χ0v) is 17.9. The molecule has 0 unspecified atom stereocenters. The van der Waals surface area contributed by atoms with Crippen molar-refractivity contribution in [3.63, 3.8) is 0 Å². The number of aryl methyl sites for hydroxylation is 1. The highest BCUT2D eigenvalue weighted by atomic mass is 19.3. The highest BCUT2D eigenvalue weighted by Gasteiger charge is 2.33. The summed E-state index contributed by atoms with van der Waals surface area (Å²) in [5.74, 6) is -0.767. The molecule has 32 heavy (non-hydrogen) atoms. The molecule has 1 aromatic carbocycles. The monoisotopic (exact) mass is 448 g/mol. The molecule has 10 heteroatoms. The number of rotatable bonds is 5. The number of ether oxygens (including phenoxy) is 1. The summed E-state index contributed by atoms with van der Waals surface area (Å²) in [5, 5.41) is 7.80. The second-order valence-electron chi connectivity index (χ2n) is 8.30. The number of aromatic nitrogens is 3. The van der Waals surface area contributed by atoms with E-state index >= 15 is 0 Å². The van der Waals surface area contributed by atoms with E-state index in [1.165, 1.54) is 29.8 Å². The van der Waals surface area contributed by atoms with Crippen LogP contribution < -0.4 is 16.4 Å². The second-order valence-corrected chi connectivity index (χ2v) is 8.30. The van der Waals surface area contributed by atoms with E-state index in [0.717, 1.165) is 10.7 Å². The molecule has 0 saturated carbocycles. The SMILES string of the molecule is C[C@@H](Nc1nn(C)c(=O)c2cc(=O)n([C@]3(C)CCOC3)cc12)c1cccc(C(F)F)c1F. The molecule has 0 bridgehead atoms. The smallest absolute Gasteiger partial charge is 0.274 e. The summed E-state index contributed by atoms with van der Waals surface area (Å²) in [4.78, 5) is 25.4. The van der Waals surface area contributed by atoms with Crippen LogP contribution >= 0.6 is 0 Å². The van der Waals surface area contributed by atoms with Gasteiger partial charge in [-0.05, 0) is 20.3 Å². The van der Waals surface area contributed by atoms with Crippen LogP contribution in [0.3, 0.4) is 0 Å². The van der Waals surface area contributed by atoms with E-state index < -0.39 is 34.9 Å². The van der Waals surface area contributed by atoms with E-state index in [1.807, 2.05) is 6.92 Å². The molecule has 2 aromatic heterocycles. The first-order valence-corrected chi connectivity index (χ1v) is 10.2. The maximum Gasteiger partial charge on any atom is 0.274 e. The van der Waals surface area contributed by atoms with Crippen LogP contribution in [0.4, 0.5) is 19.0 Å². The number of benzene rings is 1. The zero-order valence-electron chi connectivity index (χ0n) is 17.9. The lowest BCUT2D eigenvalue weighted by Crippen LogP contribution is -2.39. The molecule has 7 nitrogen and oxygen atoms in total. The lowest BCUT2D eigenvalue weighted by molar-refractivity contribution is 0.146. The lowest BCUT2D eigenvalue weighted by atomic mass is 10.0. The van der Waals surface area contributed by atoms with E-state index in [1.54, 1.807) is 13.1 Å². The van der Waals surface area contributed by atoms with Gasteiger partial charge < -0.3 is 14.6 Å². The van der Waals surface area contributed by atoms with E-state index in [0.29, 0.717) is 25.0 Å². The number of anilines is 1. The predicted octanol–water partition coefficient (Wildman–Crippen LogP) is 3.48. The summed E-state index contributed by atoms with van der Waals surface area (Å²) in [7, 11) is 1.44. The third kappa shape index (κ3) is 3.68. The van der Waals surface area contributed by atoms with Gasteiger partial charge in [0.05, 0.1) is 29.1 Å². The van der Waals surface area contributed by atoms with Gasteiger partial charge in [-0.3, -0.25) is 9.59 Å². The first-order chi connectivity index (χ1) is 15.1. The molecule has 4 rings (SSSR count). The Hall–Kier alpha value is -3.14. The van der Waals surface area contributed by atoms with Gasteiger partial charge in [0.1, 0.15) is 5.82 Å². The summed E-state index contributed by atoms with van der Waals surface area (Å²) >= 11 is 0. The van der Waals surface area contributed by atoms with Crippen LogP contribution in [0.15, 0.2) is 40.1 Å². The van der Waals surface area contributed by atoms with Gasteiger partial charge in [-0.15, -0.1) is 0 Å². The number of alkyl halides is 2. The van der Waals surface area contributed by atoms with Crippen molar-refractivity contribution in [3.8, 4) is 0 Å². The van der Waals surface area contributed by atoms with Gasteiger partial charge in [0.2, 0.25) is 0 Å². The maximum absolute atomic E-state index is 14.7. The van der Waals surface area contributed by atoms with Crippen molar-refractivity contribution in [1.82, 2.24) is 14.3 Å². The molecule has 1 aliphatic rings. The molecule has 3 aromatic rings. The number of nitrogens with zero attached hydrogens (tertiary/aromatic N) is 3. The molecule has 1 aliphatic heterocycles. The van der Waals surface area contributed by atoms with Gasteiger partial charge in [-0.25, -0.2) is 17.9 Å². The van der Waals surface area contributed by atoms with E-state index in [2.05, 4.69) is 10.4 Å². The van der Waals surface area contributed by atoms with Gasteiger partial charge >= 0.3 is 0 Å². The van der Waals surface area contributed by atoms with Gasteiger partial charge in [0.25, 0.3) is 17.5 Å². The first kappa shape index (κ1) is 22.1. The summed E-state index contributed by atoms with van der Waals surface area (Å²) < 4.78 is 48.9. The van der Waals surface area contributed by atoms with Crippen LogP contribution in [0.1, 0.15) is 43.9 Å². The quantitative estimate of drug-likeness (QED) is 0.647. The van der Waals surface area contributed by atoms with Crippen molar-refractivity contribution in [2.24, 2.45) is 7.05 Å². The molecule has 170 valence electrons. The molecule has 1 saturated heterocycles. The Bertz CT molecular complexity index is 1300. The fourth-order valence-corrected chi connectivity index (χ4v) is 4.05. The van der Waals surface area contributed by atoms with E-state index in [4.69, 9.17) is 4.74 Å². The molecule has 1 fully saturated rings.